The number of nitrogens with two attached hydrogens (primary N) is 1. The van der Waals surface area contributed by atoms with E-state index in [1.807, 2.05) is 13.1 Å². The van der Waals surface area contributed by atoms with Crippen molar-refractivity contribution in [3.05, 3.63) is 28.8 Å². The van der Waals surface area contributed by atoms with Crippen molar-refractivity contribution < 1.29 is 4.79 Å². The van der Waals surface area contributed by atoms with Crippen LogP contribution in [0.5, 0.6) is 0 Å². The molecule has 19 heavy (non-hydrogen) atoms. The van der Waals surface area contributed by atoms with E-state index in [9.17, 15) is 4.79 Å². The van der Waals surface area contributed by atoms with Gasteiger partial charge >= 0.3 is 0 Å². The van der Waals surface area contributed by atoms with E-state index in [2.05, 4.69) is 10.2 Å². The molecule has 1 aromatic carbocycles. The summed E-state index contributed by atoms with van der Waals surface area (Å²) in [5, 5.41) is 4.07. The Balaban J connectivity index is 2.05. The molecular weight excluding hydrogens is 262 g/mol. The van der Waals surface area contributed by atoms with E-state index < -0.39 is 5.91 Å². The first-order chi connectivity index (χ1) is 9.08. The molecule has 5 heteroatoms. The molecule has 0 aromatic heterocycles. The van der Waals surface area contributed by atoms with Gasteiger partial charge in [-0.2, -0.15) is 0 Å². The molecule has 0 spiro atoms. The van der Waals surface area contributed by atoms with E-state index in [0.717, 1.165) is 18.8 Å². The molecule has 0 bridgehead atoms. The third kappa shape index (κ3) is 3.61. The third-order valence-corrected chi connectivity index (χ3v) is 3.85. The van der Waals surface area contributed by atoms with Gasteiger partial charge in [-0.25, -0.2) is 0 Å². The van der Waals surface area contributed by atoms with Crippen LogP contribution >= 0.6 is 11.6 Å². The average molecular weight is 282 g/mol. The minimum absolute atomic E-state index is 0.443. The molecule has 1 aromatic rings. The first-order valence-corrected chi connectivity index (χ1v) is 6.99. The number of hydrogen-bond acceptors (Lipinski definition) is 3. The minimum atomic E-state index is -0.454. The molecule has 1 amide bonds. The van der Waals surface area contributed by atoms with Crippen molar-refractivity contribution in [2.75, 3.05) is 25.0 Å². The van der Waals surface area contributed by atoms with Crippen LogP contribution in [0.3, 0.4) is 0 Å². The first kappa shape index (κ1) is 14.2. The van der Waals surface area contributed by atoms with Crippen LogP contribution < -0.4 is 16.0 Å². The van der Waals surface area contributed by atoms with Crippen LogP contribution in [0, 0.1) is 0 Å². The summed E-state index contributed by atoms with van der Waals surface area (Å²) in [6.07, 6.45) is 3.73. The maximum atomic E-state index is 11.1. The molecular formula is C14H20ClN3O. The number of rotatable bonds is 4. The Bertz CT molecular complexity index is 458. The van der Waals surface area contributed by atoms with Crippen LogP contribution in [0.1, 0.15) is 29.6 Å². The fourth-order valence-corrected chi connectivity index (χ4v) is 2.80. The van der Waals surface area contributed by atoms with E-state index in [1.165, 1.54) is 19.3 Å². The number of nitrogens with one attached hydrogen (secondary N) is 1. The van der Waals surface area contributed by atoms with Crippen LogP contribution in [0.4, 0.5) is 5.69 Å². The monoisotopic (exact) mass is 281 g/mol. The van der Waals surface area contributed by atoms with Gasteiger partial charge in [0.05, 0.1) is 10.7 Å². The standard InChI is InChI=1S/C14H20ClN3O/c1-18(9-11-4-2-3-7-17-11)13-6-5-10(14(16)19)8-12(13)15/h5-6,8,11,17H,2-4,7,9H2,1H3,(H2,16,19). The predicted molar refractivity (Wildman–Crippen MR) is 78.9 cm³/mol. The van der Waals surface area contributed by atoms with E-state index in [-0.39, 0.29) is 0 Å². The summed E-state index contributed by atoms with van der Waals surface area (Å²) >= 11 is 6.22. The number of benzene rings is 1. The second kappa shape index (κ2) is 6.26. The van der Waals surface area contributed by atoms with Crippen molar-refractivity contribution in [2.24, 2.45) is 5.73 Å². The summed E-state index contributed by atoms with van der Waals surface area (Å²) in [5.41, 5.74) is 6.61. The Morgan fingerprint density at radius 3 is 2.89 bits per heavy atom. The Kier molecular flexibility index (Phi) is 4.66. The van der Waals surface area contributed by atoms with Gasteiger partial charge in [-0.3, -0.25) is 4.79 Å². The van der Waals surface area contributed by atoms with E-state index in [0.29, 0.717) is 16.6 Å². The number of piperidine rings is 1. The normalized spacial score (nSPS) is 19.2. The number of primary amides is 1. The Hall–Kier alpha value is -1.26. The molecule has 3 N–H and O–H groups in total. The zero-order valence-electron chi connectivity index (χ0n) is 11.2. The molecule has 1 unspecified atom stereocenters. The average Bonchev–Trinajstić information content (AvgIpc) is 2.39. The van der Waals surface area contributed by atoms with Gasteiger partial charge in [-0.15, -0.1) is 0 Å². The van der Waals surface area contributed by atoms with Crippen molar-refractivity contribution in [1.29, 1.82) is 0 Å². The van der Waals surface area contributed by atoms with Crippen molar-refractivity contribution >= 4 is 23.2 Å². The molecule has 1 fully saturated rings. The van der Waals surface area contributed by atoms with Crippen molar-refractivity contribution in [1.82, 2.24) is 5.32 Å². The molecule has 1 aliphatic heterocycles. The number of amides is 1. The van der Waals surface area contributed by atoms with Crippen LogP contribution in [0.25, 0.3) is 0 Å². The van der Waals surface area contributed by atoms with Gasteiger partial charge in [-0.1, -0.05) is 18.0 Å². The highest BCUT2D eigenvalue weighted by Gasteiger charge is 2.16. The number of hydrogen-bond donors (Lipinski definition) is 2. The molecule has 1 saturated heterocycles. The molecule has 0 radical (unpaired) electrons. The van der Waals surface area contributed by atoms with Gasteiger partial charge in [-0.05, 0) is 37.6 Å². The second-order valence-corrected chi connectivity index (χ2v) is 5.46. The Morgan fingerprint density at radius 2 is 2.32 bits per heavy atom. The van der Waals surface area contributed by atoms with Gasteiger partial charge < -0.3 is 16.0 Å². The summed E-state index contributed by atoms with van der Waals surface area (Å²) in [6, 6.07) is 5.70. The third-order valence-electron chi connectivity index (χ3n) is 3.55. The molecule has 4 nitrogen and oxygen atoms in total. The quantitative estimate of drug-likeness (QED) is 0.888. The molecule has 2 rings (SSSR count). The summed E-state index contributed by atoms with van der Waals surface area (Å²) in [7, 11) is 2.02. The highest BCUT2D eigenvalue weighted by atomic mass is 35.5. The van der Waals surface area contributed by atoms with Crippen molar-refractivity contribution in [2.45, 2.75) is 25.3 Å². The molecule has 1 heterocycles. The van der Waals surface area contributed by atoms with E-state index >= 15 is 0 Å². The lowest BCUT2D eigenvalue weighted by Gasteiger charge is -2.30. The number of nitrogens with zero attached hydrogens (tertiary/aromatic N) is 1. The number of anilines is 1. The predicted octanol–water partition coefficient (Wildman–Crippen LogP) is 2.02. The number of carbonyl (C=O) groups is 1. The minimum Gasteiger partial charge on any atom is -0.372 e. The fraction of sp³-hybridized carbons (Fsp3) is 0.500. The van der Waals surface area contributed by atoms with Crippen LogP contribution in [0.2, 0.25) is 5.02 Å². The molecule has 0 saturated carbocycles. The zero-order valence-corrected chi connectivity index (χ0v) is 11.9. The Morgan fingerprint density at radius 1 is 1.53 bits per heavy atom. The fourth-order valence-electron chi connectivity index (χ4n) is 2.48. The summed E-state index contributed by atoms with van der Waals surface area (Å²) in [6.45, 7) is 2.00. The highest BCUT2D eigenvalue weighted by molar-refractivity contribution is 6.33. The molecule has 104 valence electrons. The first-order valence-electron chi connectivity index (χ1n) is 6.62. The van der Waals surface area contributed by atoms with Gasteiger partial charge in [0, 0.05) is 25.2 Å². The van der Waals surface area contributed by atoms with E-state index in [1.54, 1.807) is 12.1 Å². The second-order valence-electron chi connectivity index (χ2n) is 5.06. The molecule has 0 aliphatic carbocycles. The van der Waals surface area contributed by atoms with Gasteiger partial charge in [0.2, 0.25) is 5.91 Å². The summed E-state index contributed by atoms with van der Waals surface area (Å²) in [5.74, 6) is -0.454. The van der Waals surface area contributed by atoms with Crippen LogP contribution in [-0.4, -0.2) is 32.1 Å². The largest absolute Gasteiger partial charge is 0.372 e. The number of halogens is 1. The maximum absolute atomic E-state index is 11.1. The van der Waals surface area contributed by atoms with Crippen molar-refractivity contribution in [3.8, 4) is 0 Å². The lowest BCUT2D eigenvalue weighted by atomic mass is 10.0. The van der Waals surface area contributed by atoms with Gasteiger partial charge in [0.25, 0.3) is 0 Å². The van der Waals surface area contributed by atoms with Gasteiger partial charge in [0.1, 0.15) is 0 Å². The number of likely N-dealkylation sites (N-methyl/N-ethyl adjacent to an activating group) is 1. The molecule has 1 atom stereocenters. The van der Waals surface area contributed by atoms with Gasteiger partial charge in [0.15, 0.2) is 0 Å². The van der Waals surface area contributed by atoms with Crippen LogP contribution in [-0.2, 0) is 0 Å². The maximum Gasteiger partial charge on any atom is 0.248 e. The SMILES string of the molecule is CN(CC1CCCCN1)c1ccc(C(N)=O)cc1Cl. The van der Waals surface area contributed by atoms with Crippen molar-refractivity contribution in [3.63, 3.8) is 0 Å². The smallest absolute Gasteiger partial charge is 0.248 e. The lowest BCUT2D eigenvalue weighted by molar-refractivity contribution is 0.100. The zero-order chi connectivity index (χ0) is 13.8. The lowest BCUT2D eigenvalue weighted by Crippen LogP contribution is -2.42. The Labute approximate surface area is 118 Å². The number of carbonyl (C=O) groups excluding carboxylic acids is 1. The topological polar surface area (TPSA) is 58.4 Å². The summed E-state index contributed by atoms with van der Waals surface area (Å²) < 4.78 is 0. The van der Waals surface area contributed by atoms with Crippen LogP contribution in [0.15, 0.2) is 18.2 Å². The summed E-state index contributed by atoms with van der Waals surface area (Å²) in [4.78, 5) is 13.2. The highest BCUT2D eigenvalue weighted by Crippen LogP contribution is 2.26. The van der Waals surface area contributed by atoms with E-state index in [4.69, 9.17) is 17.3 Å². The molecule has 1 aliphatic rings.